The number of aliphatic hydroxyl groups excluding tert-OH is 1. The van der Waals surface area contributed by atoms with Crippen LogP contribution in [0.4, 0.5) is 4.79 Å². The highest BCUT2D eigenvalue weighted by atomic mass is 16.6. The molecule has 2 N–H and O–H groups in total. The molecule has 19 heavy (non-hydrogen) atoms. The molecule has 0 spiro atoms. The molecule has 0 saturated carbocycles. The Labute approximate surface area is 114 Å². The predicted molar refractivity (Wildman–Crippen MR) is 73.7 cm³/mol. The first-order valence-electron chi connectivity index (χ1n) is 6.32. The van der Waals surface area contributed by atoms with Crippen LogP contribution in [-0.4, -0.2) is 30.8 Å². The largest absolute Gasteiger partial charge is 0.444 e. The number of nitrogens with one attached hydrogen (secondary N) is 1. The van der Waals surface area contributed by atoms with Crippen LogP contribution in [-0.2, 0) is 11.2 Å². The fourth-order valence-corrected chi connectivity index (χ4v) is 2.26. The summed E-state index contributed by atoms with van der Waals surface area (Å²) in [6, 6.07) is 4.99. The van der Waals surface area contributed by atoms with E-state index in [4.69, 9.17) is 12.6 Å². The lowest BCUT2D eigenvalue weighted by Crippen LogP contribution is -2.38. The van der Waals surface area contributed by atoms with Crippen LogP contribution < -0.4 is 10.8 Å². The maximum atomic E-state index is 11.8. The number of carbonyl (C=O) groups excluding carboxylic acids is 1. The predicted octanol–water partition coefficient (Wildman–Crippen LogP) is 0.963. The molecule has 1 aliphatic carbocycles. The maximum absolute atomic E-state index is 11.8. The molecule has 0 heterocycles. The number of alkyl carbamates (subject to hydrolysis) is 1. The second-order valence-electron chi connectivity index (χ2n) is 5.85. The van der Waals surface area contributed by atoms with E-state index in [1.54, 1.807) is 26.8 Å². The van der Waals surface area contributed by atoms with E-state index < -0.39 is 23.8 Å². The maximum Gasteiger partial charge on any atom is 0.408 e. The Kier molecular flexibility index (Phi) is 3.59. The van der Waals surface area contributed by atoms with E-state index in [0.717, 1.165) is 11.1 Å². The van der Waals surface area contributed by atoms with Gasteiger partial charge in [-0.05, 0) is 31.9 Å². The molecule has 0 fully saturated rings. The van der Waals surface area contributed by atoms with Crippen molar-refractivity contribution in [2.24, 2.45) is 0 Å². The van der Waals surface area contributed by atoms with E-state index >= 15 is 0 Å². The molecule has 5 heteroatoms. The van der Waals surface area contributed by atoms with Gasteiger partial charge in [0.2, 0.25) is 0 Å². The molecule has 0 saturated heterocycles. The second-order valence-corrected chi connectivity index (χ2v) is 5.85. The van der Waals surface area contributed by atoms with Gasteiger partial charge in [0.1, 0.15) is 13.4 Å². The van der Waals surface area contributed by atoms with Crippen molar-refractivity contribution in [1.82, 2.24) is 5.32 Å². The summed E-state index contributed by atoms with van der Waals surface area (Å²) in [5.41, 5.74) is 1.96. The molecular weight excluding hydrogens is 241 g/mol. The molecule has 1 aliphatic rings. The van der Waals surface area contributed by atoms with Gasteiger partial charge in [0.25, 0.3) is 0 Å². The average Bonchev–Trinajstić information content (AvgIpc) is 2.51. The van der Waals surface area contributed by atoms with Crippen LogP contribution in [0.3, 0.4) is 0 Å². The number of rotatable bonds is 1. The Bertz CT molecular complexity index is 496. The van der Waals surface area contributed by atoms with E-state index in [1.807, 2.05) is 12.1 Å². The number of hydrogen-bond acceptors (Lipinski definition) is 3. The minimum Gasteiger partial charge on any atom is -0.444 e. The van der Waals surface area contributed by atoms with Crippen molar-refractivity contribution in [3.8, 4) is 0 Å². The summed E-state index contributed by atoms with van der Waals surface area (Å²) in [7, 11) is 5.71. The summed E-state index contributed by atoms with van der Waals surface area (Å²) < 4.78 is 5.20. The molecule has 0 aromatic heterocycles. The van der Waals surface area contributed by atoms with Crippen LogP contribution in [0.1, 0.15) is 37.9 Å². The number of ether oxygens (including phenoxy) is 1. The molecule has 2 radical (unpaired) electrons. The highest BCUT2D eigenvalue weighted by Crippen LogP contribution is 2.30. The lowest BCUT2D eigenvalue weighted by atomic mass is 9.92. The van der Waals surface area contributed by atoms with Crippen LogP contribution in [0.2, 0.25) is 0 Å². The molecule has 4 nitrogen and oxygen atoms in total. The summed E-state index contributed by atoms with van der Waals surface area (Å²) in [6.07, 6.45) is -0.688. The van der Waals surface area contributed by atoms with Gasteiger partial charge in [0, 0.05) is 6.42 Å². The van der Waals surface area contributed by atoms with Gasteiger partial charge in [-0.25, -0.2) is 4.79 Å². The molecule has 1 aromatic carbocycles. The minimum absolute atomic E-state index is 0.439. The van der Waals surface area contributed by atoms with Crippen molar-refractivity contribution in [3.63, 3.8) is 0 Å². The van der Waals surface area contributed by atoms with Gasteiger partial charge >= 0.3 is 6.09 Å². The number of carbonyl (C=O) groups is 1. The highest BCUT2D eigenvalue weighted by Gasteiger charge is 2.33. The molecule has 2 atom stereocenters. The molecule has 2 unspecified atom stereocenters. The number of amides is 1. The van der Waals surface area contributed by atoms with Crippen LogP contribution >= 0.6 is 0 Å². The van der Waals surface area contributed by atoms with E-state index in [0.29, 0.717) is 11.9 Å². The molecule has 0 bridgehead atoms. The second kappa shape index (κ2) is 4.89. The standard InChI is InChI=1S/C14H18BNO3/c1-14(2,3)19-13(18)16-12-10-5-4-9(15)6-8(10)7-11(12)17/h4-6,11-12,17H,7H2,1-3H3,(H,16,18). The van der Waals surface area contributed by atoms with Gasteiger partial charge in [-0.15, -0.1) is 0 Å². The summed E-state index contributed by atoms with van der Waals surface area (Å²) >= 11 is 0. The van der Waals surface area contributed by atoms with E-state index in [9.17, 15) is 9.90 Å². The summed E-state index contributed by atoms with van der Waals surface area (Å²) in [5, 5.41) is 12.7. The van der Waals surface area contributed by atoms with E-state index in [-0.39, 0.29) is 0 Å². The lowest BCUT2D eigenvalue weighted by molar-refractivity contribution is 0.0438. The zero-order valence-corrected chi connectivity index (χ0v) is 11.4. The van der Waals surface area contributed by atoms with Gasteiger partial charge in [-0.2, -0.15) is 0 Å². The first kappa shape index (κ1) is 13.9. The first-order valence-corrected chi connectivity index (χ1v) is 6.32. The Hall–Kier alpha value is -1.49. The van der Waals surface area contributed by atoms with Gasteiger partial charge in [-0.1, -0.05) is 23.7 Å². The van der Waals surface area contributed by atoms with Crippen LogP contribution in [0, 0.1) is 0 Å². The van der Waals surface area contributed by atoms with Crippen LogP contribution in [0.5, 0.6) is 0 Å². The van der Waals surface area contributed by atoms with Crippen molar-refractivity contribution < 1.29 is 14.6 Å². The van der Waals surface area contributed by atoms with Crippen molar-refractivity contribution in [3.05, 3.63) is 29.3 Å². The van der Waals surface area contributed by atoms with Crippen molar-refractivity contribution >= 4 is 19.4 Å². The van der Waals surface area contributed by atoms with Crippen molar-refractivity contribution in [1.29, 1.82) is 0 Å². The highest BCUT2D eigenvalue weighted by molar-refractivity contribution is 6.32. The van der Waals surface area contributed by atoms with Crippen molar-refractivity contribution in [2.75, 3.05) is 0 Å². The number of benzene rings is 1. The number of fused-ring (bicyclic) bond motifs is 1. The molecule has 1 amide bonds. The summed E-state index contributed by atoms with van der Waals surface area (Å²) in [6.45, 7) is 5.39. The summed E-state index contributed by atoms with van der Waals surface area (Å²) in [4.78, 5) is 11.8. The van der Waals surface area contributed by atoms with Crippen LogP contribution in [0.15, 0.2) is 18.2 Å². The lowest BCUT2D eigenvalue weighted by Gasteiger charge is -2.23. The zero-order chi connectivity index (χ0) is 14.2. The van der Waals surface area contributed by atoms with Gasteiger partial charge in [0.15, 0.2) is 0 Å². The van der Waals surface area contributed by atoms with Gasteiger partial charge in [-0.3, -0.25) is 0 Å². The SMILES string of the molecule is [B]c1ccc2c(c1)CC(O)C2NC(=O)OC(C)(C)C. The third kappa shape index (κ3) is 3.29. The van der Waals surface area contributed by atoms with Gasteiger partial charge in [0.05, 0.1) is 12.1 Å². The third-order valence-electron chi connectivity index (χ3n) is 2.99. The first-order chi connectivity index (χ1) is 8.76. The Morgan fingerprint density at radius 1 is 1.47 bits per heavy atom. The quantitative estimate of drug-likeness (QED) is 0.738. The number of aliphatic hydroxyl groups is 1. The third-order valence-corrected chi connectivity index (χ3v) is 2.99. The molecule has 0 aliphatic heterocycles. The Balaban J connectivity index is 2.12. The topological polar surface area (TPSA) is 58.6 Å². The molecule has 1 aromatic rings. The van der Waals surface area contributed by atoms with E-state index in [2.05, 4.69) is 5.32 Å². The van der Waals surface area contributed by atoms with Crippen LogP contribution in [0.25, 0.3) is 0 Å². The van der Waals surface area contributed by atoms with Gasteiger partial charge < -0.3 is 15.2 Å². The normalized spacial score (nSPS) is 21.9. The van der Waals surface area contributed by atoms with Crippen molar-refractivity contribution in [2.45, 2.75) is 44.9 Å². The molecular formula is C14H18BNO3. The summed E-state index contributed by atoms with van der Waals surface area (Å²) in [5.74, 6) is 0. The minimum atomic E-state index is -0.649. The average molecular weight is 259 g/mol. The zero-order valence-electron chi connectivity index (χ0n) is 11.4. The monoisotopic (exact) mass is 259 g/mol. The fraction of sp³-hybridized carbons (Fsp3) is 0.500. The smallest absolute Gasteiger partial charge is 0.408 e. The Morgan fingerprint density at radius 3 is 2.79 bits per heavy atom. The van der Waals surface area contributed by atoms with E-state index in [1.165, 1.54) is 0 Å². The Morgan fingerprint density at radius 2 is 2.16 bits per heavy atom. The number of hydrogen-bond donors (Lipinski definition) is 2. The fourth-order valence-electron chi connectivity index (χ4n) is 2.26. The molecule has 100 valence electrons. The molecule has 2 rings (SSSR count).